The lowest BCUT2D eigenvalue weighted by molar-refractivity contribution is -0.141. The van der Waals surface area contributed by atoms with Crippen LogP contribution in [0.3, 0.4) is 0 Å². The molecule has 1 amide bonds. The Morgan fingerprint density at radius 2 is 2.08 bits per heavy atom. The molecule has 0 spiro atoms. The molecule has 5 rings (SSSR count). The molecule has 2 aliphatic rings. The van der Waals surface area contributed by atoms with Gasteiger partial charge < -0.3 is 19.9 Å². The largest absolute Gasteiger partial charge is 0.461 e. The van der Waals surface area contributed by atoms with E-state index < -0.39 is 17.8 Å². The van der Waals surface area contributed by atoms with Crippen molar-refractivity contribution in [3.05, 3.63) is 65.1 Å². The number of hydrogen-bond donors (Lipinski definition) is 2. The van der Waals surface area contributed by atoms with Gasteiger partial charge in [-0.1, -0.05) is 6.07 Å². The number of amides is 1. The SMILES string of the molecule is Cc1ccc(NC(=O)c2ccnc(C(F)(F)F)c2)cc1-c1cc(C23CCOCC2C3)nc(OCCO)n1. The lowest BCUT2D eigenvalue weighted by Crippen LogP contribution is -2.23. The lowest BCUT2D eigenvalue weighted by atomic mass is 9.92. The predicted octanol–water partition coefficient (Wildman–Crippen LogP) is 4.17. The molecule has 1 saturated carbocycles. The summed E-state index contributed by atoms with van der Waals surface area (Å²) in [5.74, 6) is -0.316. The number of benzene rings is 1. The molecule has 1 aliphatic carbocycles. The molecule has 0 bridgehead atoms. The number of aliphatic hydroxyl groups is 1. The van der Waals surface area contributed by atoms with Crippen molar-refractivity contribution in [2.45, 2.75) is 31.4 Å². The Kier molecular flexibility index (Phi) is 6.59. The van der Waals surface area contributed by atoms with E-state index in [4.69, 9.17) is 9.47 Å². The molecular weight excluding hydrogens is 489 g/mol. The van der Waals surface area contributed by atoms with E-state index in [0.29, 0.717) is 42.1 Å². The average molecular weight is 515 g/mol. The van der Waals surface area contributed by atoms with Gasteiger partial charge in [0.1, 0.15) is 12.3 Å². The summed E-state index contributed by atoms with van der Waals surface area (Å²) in [5.41, 5.74) is 2.02. The summed E-state index contributed by atoms with van der Waals surface area (Å²) < 4.78 is 50.2. The third-order valence-electron chi connectivity index (χ3n) is 6.87. The highest BCUT2D eigenvalue weighted by Gasteiger charge is 2.58. The summed E-state index contributed by atoms with van der Waals surface area (Å²) in [5, 5.41) is 11.9. The van der Waals surface area contributed by atoms with Crippen LogP contribution in [0.1, 0.15) is 40.2 Å². The third-order valence-corrected chi connectivity index (χ3v) is 6.87. The smallest absolute Gasteiger partial charge is 0.433 e. The summed E-state index contributed by atoms with van der Waals surface area (Å²) in [6, 6.07) is 9.18. The second-order valence-electron chi connectivity index (χ2n) is 9.29. The van der Waals surface area contributed by atoms with E-state index in [1.807, 2.05) is 13.0 Å². The summed E-state index contributed by atoms with van der Waals surface area (Å²) in [6.07, 6.45) is -1.90. The Morgan fingerprint density at radius 1 is 1.24 bits per heavy atom. The molecule has 37 heavy (non-hydrogen) atoms. The van der Waals surface area contributed by atoms with Crippen molar-refractivity contribution in [1.82, 2.24) is 15.0 Å². The molecule has 1 aromatic carbocycles. The highest BCUT2D eigenvalue weighted by Crippen LogP contribution is 2.58. The monoisotopic (exact) mass is 514 g/mol. The maximum atomic E-state index is 13.0. The maximum Gasteiger partial charge on any atom is 0.433 e. The van der Waals surface area contributed by atoms with Gasteiger partial charge in [0.2, 0.25) is 0 Å². The van der Waals surface area contributed by atoms with E-state index in [1.54, 1.807) is 18.2 Å². The summed E-state index contributed by atoms with van der Waals surface area (Å²) in [6.45, 7) is 3.08. The molecule has 0 radical (unpaired) electrons. The maximum absolute atomic E-state index is 13.0. The van der Waals surface area contributed by atoms with Crippen LogP contribution in [-0.2, 0) is 16.3 Å². The Labute approximate surface area is 210 Å². The van der Waals surface area contributed by atoms with Crippen LogP contribution in [0.2, 0.25) is 0 Å². The number of rotatable bonds is 7. The standard InChI is InChI=1S/C26H25F3N4O4/c1-15-2-3-18(31-23(35)16-4-6-30-22(10-16)26(27,28)29)11-19(15)20-12-21(33-24(32-20)37-9-7-34)25-5-8-36-14-17(25)13-25/h2-4,6,10-12,17,34H,5,7-9,13-14H2,1H3,(H,31,35). The van der Waals surface area contributed by atoms with Crippen LogP contribution in [0.5, 0.6) is 6.01 Å². The van der Waals surface area contributed by atoms with Gasteiger partial charge in [0.25, 0.3) is 5.91 Å². The van der Waals surface area contributed by atoms with Crippen LogP contribution < -0.4 is 10.1 Å². The number of nitrogens with zero attached hydrogens (tertiary/aromatic N) is 3. The fourth-order valence-corrected chi connectivity index (χ4v) is 4.75. The molecule has 3 aromatic rings. The van der Waals surface area contributed by atoms with Crippen LogP contribution in [0.4, 0.5) is 18.9 Å². The Morgan fingerprint density at radius 3 is 2.84 bits per heavy atom. The van der Waals surface area contributed by atoms with E-state index >= 15 is 0 Å². The van der Waals surface area contributed by atoms with Gasteiger partial charge in [0.15, 0.2) is 0 Å². The quantitative estimate of drug-likeness (QED) is 0.488. The van der Waals surface area contributed by atoms with Gasteiger partial charge in [-0.2, -0.15) is 23.1 Å². The van der Waals surface area contributed by atoms with Gasteiger partial charge in [0.05, 0.1) is 24.6 Å². The van der Waals surface area contributed by atoms with Gasteiger partial charge in [-0.15, -0.1) is 0 Å². The molecule has 2 aromatic heterocycles. The number of ether oxygens (including phenoxy) is 2. The Bertz CT molecular complexity index is 1330. The number of alkyl halides is 3. The minimum Gasteiger partial charge on any atom is -0.461 e. The molecule has 2 N–H and O–H groups in total. The number of halogens is 3. The van der Waals surface area contributed by atoms with Crippen LogP contribution in [-0.4, -0.2) is 52.4 Å². The topological polar surface area (TPSA) is 106 Å². The van der Waals surface area contributed by atoms with E-state index in [-0.39, 0.29) is 30.2 Å². The highest BCUT2D eigenvalue weighted by atomic mass is 19.4. The van der Waals surface area contributed by atoms with E-state index in [0.717, 1.165) is 30.3 Å². The third kappa shape index (κ3) is 5.14. The fourth-order valence-electron chi connectivity index (χ4n) is 4.75. The zero-order valence-corrected chi connectivity index (χ0v) is 20.0. The first kappa shape index (κ1) is 25.1. The second kappa shape index (κ2) is 9.71. The zero-order valence-electron chi connectivity index (χ0n) is 20.0. The summed E-state index contributed by atoms with van der Waals surface area (Å²) in [7, 11) is 0. The molecule has 1 aliphatic heterocycles. The number of hydrogen-bond acceptors (Lipinski definition) is 7. The van der Waals surface area contributed by atoms with E-state index in [1.165, 1.54) is 6.07 Å². The van der Waals surface area contributed by atoms with E-state index in [2.05, 4.69) is 20.3 Å². The predicted molar refractivity (Wildman–Crippen MR) is 127 cm³/mol. The summed E-state index contributed by atoms with van der Waals surface area (Å²) >= 11 is 0. The number of nitrogens with one attached hydrogen (secondary N) is 1. The first-order valence-electron chi connectivity index (χ1n) is 11.9. The zero-order chi connectivity index (χ0) is 26.2. The van der Waals surface area contributed by atoms with Crippen LogP contribution in [0.15, 0.2) is 42.6 Å². The van der Waals surface area contributed by atoms with Crippen molar-refractivity contribution in [2.75, 3.05) is 31.7 Å². The normalized spacial score (nSPS) is 20.7. The number of pyridine rings is 1. The minimum atomic E-state index is -4.65. The van der Waals surface area contributed by atoms with Gasteiger partial charge in [0, 0.05) is 35.0 Å². The van der Waals surface area contributed by atoms with Crippen LogP contribution in [0, 0.1) is 12.8 Å². The van der Waals surface area contributed by atoms with Crippen molar-refractivity contribution >= 4 is 11.6 Å². The molecule has 1 saturated heterocycles. The molecular formula is C26H25F3N4O4. The van der Waals surface area contributed by atoms with Gasteiger partial charge in [-0.3, -0.25) is 9.78 Å². The first-order chi connectivity index (χ1) is 17.7. The number of aromatic nitrogens is 3. The number of anilines is 1. The number of carbonyl (C=O) groups is 1. The van der Waals surface area contributed by atoms with E-state index in [9.17, 15) is 23.1 Å². The molecule has 3 heterocycles. The minimum absolute atomic E-state index is 0.0450. The fraction of sp³-hybridized carbons (Fsp3) is 0.385. The highest BCUT2D eigenvalue weighted by molar-refractivity contribution is 6.04. The Hall–Kier alpha value is -3.57. The van der Waals surface area contributed by atoms with Gasteiger partial charge in [-0.05, 0) is 61.6 Å². The number of aliphatic hydroxyl groups excluding tert-OH is 1. The number of carbonyl (C=O) groups excluding carboxylic acids is 1. The number of fused-ring (bicyclic) bond motifs is 1. The van der Waals surface area contributed by atoms with Crippen molar-refractivity contribution in [3.8, 4) is 17.3 Å². The van der Waals surface area contributed by atoms with Gasteiger partial charge >= 0.3 is 12.2 Å². The molecule has 8 nitrogen and oxygen atoms in total. The van der Waals surface area contributed by atoms with Crippen molar-refractivity contribution in [1.29, 1.82) is 0 Å². The molecule has 194 valence electrons. The van der Waals surface area contributed by atoms with Crippen molar-refractivity contribution in [3.63, 3.8) is 0 Å². The molecule has 2 unspecified atom stereocenters. The Balaban J connectivity index is 1.46. The second-order valence-corrected chi connectivity index (χ2v) is 9.29. The summed E-state index contributed by atoms with van der Waals surface area (Å²) in [4.78, 5) is 25.2. The van der Waals surface area contributed by atoms with Crippen molar-refractivity contribution < 1.29 is 32.5 Å². The van der Waals surface area contributed by atoms with Gasteiger partial charge in [-0.25, -0.2) is 0 Å². The van der Waals surface area contributed by atoms with Crippen LogP contribution >= 0.6 is 0 Å². The number of aryl methyl sites for hydroxylation is 1. The van der Waals surface area contributed by atoms with Crippen molar-refractivity contribution in [2.24, 2.45) is 5.92 Å². The van der Waals surface area contributed by atoms with Crippen LogP contribution in [0.25, 0.3) is 11.3 Å². The first-order valence-corrected chi connectivity index (χ1v) is 11.9. The molecule has 2 fully saturated rings. The average Bonchev–Trinajstić information content (AvgIpc) is 3.64. The lowest BCUT2D eigenvalue weighted by Gasteiger charge is -2.23. The molecule has 11 heteroatoms. The molecule has 2 atom stereocenters.